The second-order valence-electron chi connectivity index (χ2n) is 12.8. The van der Waals surface area contributed by atoms with E-state index >= 15 is 0 Å². The Labute approximate surface area is 299 Å². The molecule has 2 heterocycles. The zero-order valence-electron chi connectivity index (χ0n) is 27.5. The minimum atomic E-state index is 0.644. The van der Waals surface area contributed by atoms with Crippen LogP contribution in [0.3, 0.4) is 0 Å². The molecular weight excluding hydrogens is 639 g/mol. The molecule has 4 heteroatoms. The molecule has 0 saturated heterocycles. The van der Waals surface area contributed by atoms with Crippen LogP contribution < -0.4 is 0 Å². The van der Waals surface area contributed by atoms with E-state index in [9.17, 15) is 0 Å². The SMILES string of the molecule is c1ccc(-c2nc(-c3ccccc3-c3ccc4ccccc4c3)nc(-c3cccc4c3sc3ccccc34)n2)c(-c2ccc3ccccc3c2)c1. The van der Waals surface area contributed by atoms with Crippen molar-refractivity contribution in [2.45, 2.75) is 0 Å². The molecule has 8 aromatic carbocycles. The molecule has 0 fully saturated rings. The lowest BCUT2D eigenvalue weighted by atomic mass is 9.96. The molecule has 0 radical (unpaired) electrons. The molecule has 0 spiro atoms. The third-order valence-corrected chi connectivity index (χ3v) is 11.0. The van der Waals surface area contributed by atoms with Crippen LogP contribution in [0.15, 0.2) is 176 Å². The first-order valence-corrected chi connectivity index (χ1v) is 17.9. The Kier molecular flexibility index (Phi) is 7.00. The summed E-state index contributed by atoms with van der Waals surface area (Å²) in [5, 5.41) is 7.28. The van der Waals surface area contributed by atoms with E-state index in [1.807, 2.05) is 0 Å². The molecule has 10 aromatic rings. The predicted octanol–water partition coefficient (Wildman–Crippen LogP) is 12.9. The summed E-state index contributed by atoms with van der Waals surface area (Å²) in [6.45, 7) is 0. The average Bonchev–Trinajstić information content (AvgIpc) is 3.59. The summed E-state index contributed by atoms with van der Waals surface area (Å²) in [4.78, 5) is 15.9. The fraction of sp³-hybridized carbons (Fsp3) is 0. The monoisotopic (exact) mass is 667 g/mol. The highest BCUT2D eigenvalue weighted by molar-refractivity contribution is 7.26. The van der Waals surface area contributed by atoms with E-state index in [1.165, 1.54) is 41.7 Å². The van der Waals surface area contributed by atoms with Crippen LogP contribution in [0.5, 0.6) is 0 Å². The Morgan fingerprint density at radius 1 is 0.314 bits per heavy atom. The molecule has 51 heavy (non-hydrogen) atoms. The number of hydrogen-bond acceptors (Lipinski definition) is 4. The minimum absolute atomic E-state index is 0.644. The summed E-state index contributed by atoms with van der Waals surface area (Å²) in [5.41, 5.74) is 7.33. The fourth-order valence-electron chi connectivity index (χ4n) is 7.23. The highest BCUT2D eigenvalue weighted by Crippen LogP contribution is 2.41. The summed E-state index contributed by atoms with van der Waals surface area (Å²) < 4.78 is 2.42. The first-order valence-electron chi connectivity index (χ1n) is 17.1. The molecule has 0 aliphatic carbocycles. The maximum absolute atomic E-state index is 5.30. The van der Waals surface area contributed by atoms with Gasteiger partial charge in [-0.2, -0.15) is 0 Å². The maximum atomic E-state index is 5.30. The van der Waals surface area contributed by atoms with Crippen LogP contribution in [0.25, 0.3) is 98.1 Å². The second kappa shape index (κ2) is 12.1. The lowest BCUT2D eigenvalue weighted by Gasteiger charge is -2.14. The van der Waals surface area contributed by atoms with Crippen LogP contribution in [-0.4, -0.2) is 15.0 Å². The van der Waals surface area contributed by atoms with E-state index in [2.05, 4.69) is 176 Å². The van der Waals surface area contributed by atoms with Crippen molar-refractivity contribution in [2.75, 3.05) is 0 Å². The lowest BCUT2D eigenvalue weighted by molar-refractivity contribution is 1.08. The van der Waals surface area contributed by atoms with Crippen LogP contribution in [0.4, 0.5) is 0 Å². The Bertz CT molecular complexity index is 2800. The molecule has 0 atom stereocenters. The number of aromatic nitrogens is 3. The third kappa shape index (κ3) is 5.16. The highest BCUT2D eigenvalue weighted by atomic mass is 32.1. The van der Waals surface area contributed by atoms with Crippen LogP contribution in [0.2, 0.25) is 0 Å². The number of thiophene rings is 1. The van der Waals surface area contributed by atoms with Crippen molar-refractivity contribution >= 4 is 53.1 Å². The molecule has 0 amide bonds. The third-order valence-electron chi connectivity index (χ3n) is 9.74. The van der Waals surface area contributed by atoms with Gasteiger partial charge in [0.05, 0.1) is 0 Å². The average molecular weight is 668 g/mol. The molecule has 0 aliphatic rings. The molecule has 0 aliphatic heterocycles. The van der Waals surface area contributed by atoms with Crippen LogP contribution >= 0.6 is 11.3 Å². The Balaban J connectivity index is 1.22. The number of hydrogen-bond donors (Lipinski definition) is 0. The molecule has 0 saturated carbocycles. The van der Waals surface area contributed by atoms with Gasteiger partial charge in [0, 0.05) is 36.9 Å². The van der Waals surface area contributed by atoms with Crippen LogP contribution in [-0.2, 0) is 0 Å². The van der Waals surface area contributed by atoms with E-state index in [4.69, 9.17) is 15.0 Å². The van der Waals surface area contributed by atoms with E-state index < -0.39 is 0 Å². The molecule has 0 unspecified atom stereocenters. The van der Waals surface area contributed by atoms with Crippen molar-refractivity contribution in [1.82, 2.24) is 15.0 Å². The smallest absolute Gasteiger partial charge is 0.165 e. The molecule has 2 aromatic heterocycles. The first kappa shape index (κ1) is 29.4. The molecule has 238 valence electrons. The van der Waals surface area contributed by atoms with Gasteiger partial charge in [0.25, 0.3) is 0 Å². The number of benzene rings is 8. The van der Waals surface area contributed by atoms with Crippen LogP contribution in [0, 0.1) is 0 Å². The quantitative estimate of drug-likeness (QED) is 0.183. The molecule has 0 N–H and O–H groups in total. The van der Waals surface area contributed by atoms with Crippen molar-refractivity contribution in [3.8, 4) is 56.4 Å². The van der Waals surface area contributed by atoms with Gasteiger partial charge in [-0.15, -0.1) is 11.3 Å². The van der Waals surface area contributed by atoms with Gasteiger partial charge in [-0.25, -0.2) is 15.0 Å². The zero-order valence-corrected chi connectivity index (χ0v) is 28.3. The Morgan fingerprint density at radius 2 is 0.745 bits per heavy atom. The van der Waals surface area contributed by atoms with Crippen molar-refractivity contribution in [2.24, 2.45) is 0 Å². The standard InChI is InChI=1S/C47H29N3S/c1-3-14-32-28-34(26-24-30(32)12-1)36-16-5-7-19-40(36)45-48-46(41-20-8-6-17-37(41)35-27-25-31-13-2-4-15-33(31)29-35)50-47(49-45)42-22-11-21-39-38-18-9-10-23-43(38)51-44(39)42/h1-29H. The van der Waals surface area contributed by atoms with Crippen LogP contribution in [0.1, 0.15) is 0 Å². The first-order chi connectivity index (χ1) is 25.3. The van der Waals surface area contributed by atoms with Crippen molar-refractivity contribution < 1.29 is 0 Å². The summed E-state index contributed by atoms with van der Waals surface area (Å²) >= 11 is 1.79. The van der Waals surface area contributed by atoms with Gasteiger partial charge in [-0.1, -0.05) is 152 Å². The van der Waals surface area contributed by atoms with E-state index in [1.54, 1.807) is 11.3 Å². The van der Waals surface area contributed by atoms with Gasteiger partial charge >= 0.3 is 0 Å². The largest absolute Gasteiger partial charge is 0.208 e. The Morgan fingerprint density at radius 3 is 1.33 bits per heavy atom. The topological polar surface area (TPSA) is 38.7 Å². The van der Waals surface area contributed by atoms with Crippen molar-refractivity contribution in [3.05, 3.63) is 176 Å². The summed E-state index contributed by atoms with van der Waals surface area (Å²) in [5.74, 6) is 1.95. The van der Waals surface area contributed by atoms with Gasteiger partial charge in [-0.05, 0) is 68.1 Å². The normalized spacial score (nSPS) is 11.5. The minimum Gasteiger partial charge on any atom is -0.208 e. The van der Waals surface area contributed by atoms with Gasteiger partial charge in [-0.3, -0.25) is 0 Å². The van der Waals surface area contributed by atoms with E-state index in [0.29, 0.717) is 17.5 Å². The molecule has 10 rings (SSSR count). The molecule has 3 nitrogen and oxygen atoms in total. The highest BCUT2D eigenvalue weighted by Gasteiger charge is 2.20. The summed E-state index contributed by atoms with van der Waals surface area (Å²) in [6.07, 6.45) is 0. The lowest BCUT2D eigenvalue weighted by Crippen LogP contribution is -2.02. The maximum Gasteiger partial charge on any atom is 0.165 e. The van der Waals surface area contributed by atoms with E-state index in [-0.39, 0.29) is 0 Å². The second-order valence-corrected chi connectivity index (χ2v) is 13.9. The van der Waals surface area contributed by atoms with Gasteiger partial charge in [0.15, 0.2) is 17.5 Å². The fourth-order valence-corrected chi connectivity index (χ4v) is 8.45. The van der Waals surface area contributed by atoms with Crippen molar-refractivity contribution in [1.29, 1.82) is 0 Å². The molecule has 0 bridgehead atoms. The summed E-state index contributed by atoms with van der Waals surface area (Å²) in [7, 11) is 0. The number of rotatable bonds is 5. The van der Waals surface area contributed by atoms with Gasteiger partial charge in [0.1, 0.15) is 0 Å². The van der Waals surface area contributed by atoms with E-state index in [0.717, 1.165) is 38.9 Å². The predicted molar refractivity (Wildman–Crippen MR) is 215 cm³/mol. The number of fused-ring (bicyclic) bond motifs is 5. The summed E-state index contributed by atoms with van der Waals surface area (Å²) in [6, 6.07) is 62.2. The molecular formula is C47H29N3S. The van der Waals surface area contributed by atoms with Crippen molar-refractivity contribution in [3.63, 3.8) is 0 Å². The van der Waals surface area contributed by atoms with Gasteiger partial charge in [0.2, 0.25) is 0 Å². The Hall–Kier alpha value is -6.49. The number of nitrogens with zero attached hydrogens (tertiary/aromatic N) is 3. The van der Waals surface area contributed by atoms with Gasteiger partial charge < -0.3 is 0 Å². The zero-order chi connectivity index (χ0) is 33.7.